The summed E-state index contributed by atoms with van der Waals surface area (Å²) >= 11 is 8.28. The van der Waals surface area contributed by atoms with Gasteiger partial charge in [0.25, 0.3) is 5.91 Å². The standard InChI is InChI=1S/C13H17ClINO/c1-10-9-11(5-6-12(10)14)13(17)16-8-4-2-3-7-15/h5-6,9H,2-4,7-8H2,1H3,(H,16,17). The minimum atomic E-state index is -0.0146. The lowest BCUT2D eigenvalue weighted by Crippen LogP contribution is -2.24. The van der Waals surface area contributed by atoms with Crippen molar-refractivity contribution in [3.63, 3.8) is 0 Å². The van der Waals surface area contributed by atoms with Crippen LogP contribution in [0.4, 0.5) is 0 Å². The van der Waals surface area contributed by atoms with Crippen molar-refractivity contribution in [3.05, 3.63) is 34.3 Å². The summed E-state index contributed by atoms with van der Waals surface area (Å²) in [5.41, 5.74) is 1.62. The van der Waals surface area contributed by atoms with E-state index in [4.69, 9.17) is 11.6 Å². The summed E-state index contributed by atoms with van der Waals surface area (Å²) in [5.74, 6) is -0.0146. The van der Waals surface area contributed by atoms with Crippen LogP contribution in [-0.2, 0) is 0 Å². The summed E-state index contributed by atoms with van der Waals surface area (Å²) in [6.07, 6.45) is 3.43. The molecular formula is C13H17ClINO. The van der Waals surface area contributed by atoms with Crippen LogP contribution in [0.3, 0.4) is 0 Å². The second-order valence-electron chi connectivity index (χ2n) is 3.97. The Bertz CT molecular complexity index is 382. The highest BCUT2D eigenvalue weighted by molar-refractivity contribution is 14.1. The number of halogens is 2. The van der Waals surface area contributed by atoms with E-state index in [-0.39, 0.29) is 5.91 Å². The maximum atomic E-state index is 11.8. The van der Waals surface area contributed by atoms with E-state index in [1.54, 1.807) is 12.1 Å². The third-order valence-electron chi connectivity index (χ3n) is 2.52. The molecule has 0 saturated heterocycles. The number of hydrogen-bond acceptors (Lipinski definition) is 1. The lowest BCUT2D eigenvalue weighted by Gasteiger charge is -2.06. The Labute approximate surface area is 121 Å². The first kappa shape index (κ1) is 14.8. The predicted molar refractivity (Wildman–Crippen MR) is 81.3 cm³/mol. The lowest BCUT2D eigenvalue weighted by atomic mass is 10.1. The molecule has 1 aromatic carbocycles. The Balaban J connectivity index is 2.39. The maximum absolute atomic E-state index is 11.8. The van der Waals surface area contributed by atoms with Gasteiger partial charge in [-0.05, 0) is 48.0 Å². The number of rotatable bonds is 6. The van der Waals surface area contributed by atoms with E-state index in [0.29, 0.717) is 10.6 Å². The zero-order chi connectivity index (χ0) is 12.7. The highest BCUT2D eigenvalue weighted by atomic mass is 127. The highest BCUT2D eigenvalue weighted by Crippen LogP contribution is 2.16. The maximum Gasteiger partial charge on any atom is 0.251 e. The number of hydrogen-bond donors (Lipinski definition) is 1. The Kier molecular flexibility index (Phi) is 6.89. The smallest absolute Gasteiger partial charge is 0.251 e. The van der Waals surface area contributed by atoms with Crippen molar-refractivity contribution in [1.82, 2.24) is 5.32 Å². The van der Waals surface area contributed by atoms with Gasteiger partial charge in [0.15, 0.2) is 0 Å². The summed E-state index contributed by atoms with van der Waals surface area (Å²) in [6, 6.07) is 5.35. The zero-order valence-corrected chi connectivity index (χ0v) is 12.8. The van der Waals surface area contributed by atoms with E-state index >= 15 is 0 Å². The number of aryl methyl sites for hydroxylation is 1. The Hall–Kier alpha value is -0.290. The molecule has 0 atom stereocenters. The Morgan fingerprint density at radius 3 is 2.76 bits per heavy atom. The van der Waals surface area contributed by atoms with E-state index in [1.807, 2.05) is 13.0 Å². The molecule has 1 aromatic rings. The molecule has 94 valence electrons. The minimum Gasteiger partial charge on any atom is -0.352 e. The fourth-order valence-corrected chi connectivity index (χ4v) is 2.14. The summed E-state index contributed by atoms with van der Waals surface area (Å²) in [4.78, 5) is 11.8. The highest BCUT2D eigenvalue weighted by Gasteiger charge is 2.05. The molecule has 0 fully saturated rings. The van der Waals surface area contributed by atoms with Crippen LogP contribution in [0.1, 0.15) is 35.2 Å². The minimum absolute atomic E-state index is 0.0146. The first-order chi connectivity index (χ1) is 8.15. The van der Waals surface area contributed by atoms with Crippen molar-refractivity contribution >= 4 is 40.1 Å². The fourth-order valence-electron chi connectivity index (χ4n) is 1.49. The molecule has 0 spiro atoms. The van der Waals surface area contributed by atoms with Gasteiger partial charge in [-0.3, -0.25) is 4.79 Å². The van der Waals surface area contributed by atoms with E-state index in [9.17, 15) is 4.79 Å². The second kappa shape index (κ2) is 7.93. The fraction of sp³-hybridized carbons (Fsp3) is 0.462. The average molecular weight is 366 g/mol. The van der Waals surface area contributed by atoms with Crippen LogP contribution in [0.25, 0.3) is 0 Å². The molecule has 1 rings (SSSR count). The number of alkyl halides is 1. The monoisotopic (exact) mass is 365 g/mol. The van der Waals surface area contributed by atoms with Crippen molar-refractivity contribution < 1.29 is 4.79 Å². The van der Waals surface area contributed by atoms with Crippen LogP contribution < -0.4 is 5.32 Å². The number of unbranched alkanes of at least 4 members (excludes halogenated alkanes) is 2. The first-order valence-electron chi connectivity index (χ1n) is 5.75. The SMILES string of the molecule is Cc1cc(C(=O)NCCCCCI)ccc1Cl. The number of amides is 1. The Morgan fingerprint density at radius 2 is 2.12 bits per heavy atom. The summed E-state index contributed by atoms with van der Waals surface area (Å²) in [6.45, 7) is 2.65. The van der Waals surface area contributed by atoms with Gasteiger partial charge in [-0.25, -0.2) is 0 Å². The van der Waals surface area contributed by atoms with Gasteiger partial charge in [0.05, 0.1) is 0 Å². The van der Waals surface area contributed by atoms with Gasteiger partial charge in [-0.2, -0.15) is 0 Å². The molecule has 1 N–H and O–H groups in total. The van der Waals surface area contributed by atoms with Gasteiger partial charge < -0.3 is 5.32 Å². The first-order valence-corrected chi connectivity index (χ1v) is 7.66. The average Bonchev–Trinajstić information content (AvgIpc) is 2.32. The molecule has 17 heavy (non-hydrogen) atoms. The third kappa shape index (κ3) is 5.25. The van der Waals surface area contributed by atoms with Crippen LogP contribution in [0.15, 0.2) is 18.2 Å². The number of carbonyl (C=O) groups excluding carboxylic acids is 1. The van der Waals surface area contributed by atoms with Crippen molar-refractivity contribution in [2.45, 2.75) is 26.2 Å². The van der Waals surface area contributed by atoms with Crippen LogP contribution >= 0.6 is 34.2 Å². The third-order valence-corrected chi connectivity index (χ3v) is 3.70. The van der Waals surface area contributed by atoms with Crippen molar-refractivity contribution in [2.75, 3.05) is 11.0 Å². The van der Waals surface area contributed by atoms with Crippen LogP contribution in [0, 0.1) is 6.92 Å². The largest absolute Gasteiger partial charge is 0.352 e. The van der Waals surface area contributed by atoms with E-state index < -0.39 is 0 Å². The van der Waals surface area contributed by atoms with Crippen molar-refractivity contribution in [1.29, 1.82) is 0 Å². The van der Waals surface area contributed by atoms with Gasteiger partial charge in [0.1, 0.15) is 0 Å². The number of carbonyl (C=O) groups is 1. The normalized spacial score (nSPS) is 10.3. The molecule has 1 amide bonds. The van der Waals surface area contributed by atoms with E-state index in [1.165, 1.54) is 17.3 Å². The van der Waals surface area contributed by atoms with Gasteiger partial charge >= 0.3 is 0 Å². The summed E-state index contributed by atoms with van der Waals surface area (Å²) in [7, 11) is 0. The zero-order valence-electron chi connectivity index (χ0n) is 9.93. The molecule has 0 aliphatic carbocycles. The lowest BCUT2D eigenvalue weighted by molar-refractivity contribution is 0.0953. The quantitative estimate of drug-likeness (QED) is 0.461. The van der Waals surface area contributed by atoms with Crippen LogP contribution in [-0.4, -0.2) is 16.9 Å². The molecule has 0 heterocycles. The van der Waals surface area contributed by atoms with Gasteiger partial charge in [0.2, 0.25) is 0 Å². The molecule has 0 aromatic heterocycles. The van der Waals surface area contributed by atoms with E-state index in [0.717, 1.165) is 18.5 Å². The van der Waals surface area contributed by atoms with Gasteiger partial charge in [0, 0.05) is 17.1 Å². The molecular weight excluding hydrogens is 349 g/mol. The van der Waals surface area contributed by atoms with Crippen molar-refractivity contribution in [3.8, 4) is 0 Å². The Morgan fingerprint density at radius 1 is 1.35 bits per heavy atom. The number of nitrogens with one attached hydrogen (secondary N) is 1. The topological polar surface area (TPSA) is 29.1 Å². The second-order valence-corrected chi connectivity index (χ2v) is 5.46. The van der Waals surface area contributed by atoms with Crippen LogP contribution in [0.2, 0.25) is 5.02 Å². The van der Waals surface area contributed by atoms with E-state index in [2.05, 4.69) is 27.9 Å². The number of benzene rings is 1. The summed E-state index contributed by atoms with van der Waals surface area (Å²) < 4.78 is 1.18. The van der Waals surface area contributed by atoms with Crippen LogP contribution in [0.5, 0.6) is 0 Å². The van der Waals surface area contributed by atoms with Gasteiger partial charge in [-0.15, -0.1) is 0 Å². The van der Waals surface area contributed by atoms with Gasteiger partial charge in [-0.1, -0.05) is 40.6 Å². The molecule has 0 bridgehead atoms. The predicted octanol–water partition coefficient (Wildman–Crippen LogP) is 3.98. The molecule has 0 saturated carbocycles. The molecule has 0 radical (unpaired) electrons. The molecule has 2 nitrogen and oxygen atoms in total. The summed E-state index contributed by atoms with van der Waals surface area (Å²) in [5, 5.41) is 3.62. The molecule has 0 aliphatic heterocycles. The molecule has 0 aliphatic rings. The molecule has 4 heteroatoms. The molecule has 0 unspecified atom stereocenters. The van der Waals surface area contributed by atoms with Crippen molar-refractivity contribution in [2.24, 2.45) is 0 Å².